The summed E-state index contributed by atoms with van der Waals surface area (Å²) in [5.41, 5.74) is 10.3. The van der Waals surface area contributed by atoms with Crippen molar-refractivity contribution < 1.29 is 14.4 Å². The summed E-state index contributed by atoms with van der Waals surface area (Å²) in [6, 6.07) is 29.4. The molecule has 0 spiro atoms. The molecule has 37 heavy (non-hydrogen) atoms. The first kappa shape index (κ1) is 22.5. The van der Waals surface area contributed by atoms with Gasteiger partial charge in [0.25, 0.3) is 5.91 Å². The number of primary amides is 1. The number of carbonyl (C=O) groups is 3. The van der Waals surface area contributed by atoms with Crippen molar-refractivity contribution in [3.05, 3.63) is 108 Å². The molecule has 0 bridgehead atoms. The van der Waals surface area contributed by atoms with Crippen LogP contribution in [0.1, 0.15) is 27.5 Å². The van der Waals surface area contributed by atoms with Crippen LogP contribution in [0, 0.1) is 0 Å². The molecule has 2 heterocycles. The van der Waals surface area contributed by atoms with Crippen LogP contribution in [-0.4, -0.2) is 40.7 Å². The third-order valence-corrected chi connectivity index (χ3v) is 6.89. The summed E-state index contributed by atoms with van der Waals surface area (Å²) in [5.74, 6) is -1.32. The zero-order chi connectivity index (χ0) is 25.5. The van der Waals surface area contributed by atoms with Crippen molar-refractivity contribution in [2.45, 2.75) is 6.04 Å². The van der Waals surface area contributed by atoms with Crippen molar-refractivity contribution in [1.82, 2.24) is 15.2 Å². The standard InChI is InChI=1S/C30H24N4O3/c31-25(35)16-32-26(36)17-34-29(21-9-3-4-10-22(21)30(34)37)27-23-11-5-6-12-24(23)33-28(27)20-14-13-18-7-1-2-8-19(18)15-20/h1-15,29,33H,16-17H2,(H2,31,35)(H,32,36)/t29-/m1/s1. The second kappa shape index (κ2) is 8.95. The molecule has 0 saturated heterocycles. The summed E-state index contributed by atoms with van der Waals surface area (Å²) in [6.07, 6.45) is 0. The molecule has 1 aliphatic rings. The molecule has 7 nitrogen and oxygen atoms in total. The number of aromatic amines is 1. The van der Waals surface area contributed by atoms with Gasteiger partial charge in [0.1, 0.15) is 6.54 Å². The van der Waals surface area contributed by atoms with E-state index >= 15 is 0 Å². The number of nitrogens with zero attached hydrogens (tertiary/aromatic N) is 1. The number of nitrogens with one attached hydrogen (secondary N) is 2. The number of aromatic nitrogens is 1. The molecule has 6 rings (SSSR count). The van der Waals surface area contributed by atoms with Gasteiger partial charge in [-0.2, -0.15) is 0 Å². The summed E-state index contributed by atoms with van der Waals surface area (Å²) >= 11 is 0. The molecule has 7 heteroatoms. The van der Waals surface area contributed by atoms with Crippen LogP contribution < -0.4 is 11.1 Å². The van der Waals surface area contributed by atoms with Crippen LogP contribution in [0.2, 0.25) is 0 Å². The maximum Gasteiger partial charge on any atom is 0.255 e. The van der Waals surface area contributed by atoms with Gasteiger partial charge >= 0.3 is 0 Å². The molecule has 5 aromatic rings. The highest BCUT2D eigenvalue weighted by Gasteiger charge is 2.41. The number of para-hydroxylation sites is 1. The average molecular weight is 489 g/mol. The monoisotopic (exact) mass is 488 g/mol. The first-order valence-corrected chi connectivity index (χ1v) is 12.1. The van der Waals surface area contributed by atoms with E-state index < -0.39 is 17.9 Å². The van der Waals surface area contributed by atoms with Crippen LogP contribution in [0.4, 0.5) is 0 Å². The Kier molecular flexibility index (Phi) is 5.45. The van der Waals surface area contributed by atoms with Crippen LogP contribution in [-0.2, 0) is 9.59 Å². The van der Waals surface area contributed by atoms with E-state index in [2.05, 4.69) is 40.6 Å². The van der Waals surface area contributed by atoms with E-state index in [1.807, 2.05) is 54.6 Å². The number of hydrogen-bond donors (Lipinski definition) is 3. The van der Waals surface area contributed by atoms with Crippen molar-refractivity contribution in [3.63, 3.8) is 0 Å². The van der Waals surface area contributed by atoms with Gasteiger partial charge in [0.15, 0.2) is 0 Å². The van der Waals surface area contributed by atoms with Crippen LogP contribution in [0.15, 0.2) is 91.0 Å². The minimum absolute atomic E-state index is 0.206. The number of fused-ring (bicyclic) bond motifs is 3. The highest BCUT2D eigenvalue weighted by molar-refractivity contribution is 6.04. The van der Waals surface area contributed by atoms with Gasteiger partial charge in [-0.25, -0.2) is 0 Å². The zero-order valence-electron chi connectivity index (χ0n) is 19.9. The molecule has 1 atom stereocenters. The lowest BCUT2D eigenvalue weighted by atomic mass is 9.92. The number of carbonyl (C=O) groups excluding carboxylic acids is 3. The molecule has 0 aliphatic carbocycles. The molecule has 4 N–H and O–H groups in total. The van der Waals surface area contributed by atoms with Gasteiger partial charge in [-0.15, -0.1) is 0 Å². The minimum atomic E-state index is -0.642. The number of hydrogen-bond acceptors (Lipinski definition) is 3. The average Bonchev–Trinajstić information content (AvgIpc) is 3.42. The molecule has 1 aliphatic heterocycles. The van der Waals surface area contributed by atoms with Crippen molar-refractivity contribution >= 4 is 39.4 Å². The van der Waals surface area contributed by atoms with E-state index in [9.17, 15) is 14.4 Å². The van der Waals surface area contributed by atoms with Crippen LogP contribution >= 0.6 is 0 Å². The topological polar surface area (TPSA) is 108 Å². The number of rotatable bonds is 6. The lowest BCUT2D eigenvalue weighted by Gasteiger charge is -2.26. The quantitative estimate of drug-likeness (QED) is 0.334. The molecule has 0 fully saturated rings. The second-order valence-corrected chi connectivity index (χ2v) is 9.19. The van der Waals surface area contributed by atoms with E-state index in [4.69, 9.17) is 5.73 Å². The summed E-state index contributed by atoms with van der Waals surface area (Å²) in [4.78, 5) is 42.7. The van der Waals surface area contributed by atoms with Crippen molar-refractivity contribution in [3.8, 4) is 11.3 Å². The van der Waals surface area contributed by atoms with Crippen molar-refractivity contribution in [2.24, 2.45) is 5.73 Å². The first-order valence-electron chi connectivity index (χ1n) is 12.1. The lowest BCUT2D eigenvalue weighted by molar-refractivity contribution is -0.125. The molecule has 4 aromatic carbocycles. The summed E-state index contributed by atoms with van der Waals surface area (Å²) in [7, 11) is 0. The predicted molar refractivity (Wildman–Crippen MR) is 143 cm³/mol. The third-order valence-electron chi connectivity index (χ3n) is 6.89. The molecular formula is C30H24N4O3. The largest absolute Gasteiger partial charge is 0.368 e. The highest BCUT2D eigenvalue weighted by Crippen LogP contribution is 2.45. The second-order valence-electron chi connectivity index (χ2n) is 9.19. The fourth-order valence-electron chi connectivity index (χ4n) is 5.26. The lowest BCUT2D eigenvalue weighted by Crippen LogP contribution is -2.42. The van der Waals surface area contributed by atoms with E-state index in [0.717, 1.165) is 44.1 Å². The maximum atomic E-state index is 13.6. The van der Waals surface area contributed by atoms with E-state index in [1.54, 1.807) is 11.0 Å². The Labute approximate surface area is 212 Å². The molecule has 0 saturated carbocycles. The van der Waals surface area contributed by atoms with Crippen LogP contribution in [0.3, 0.4) is 0 Å². The smallest absolute Gasteiger partial charge is 0.255 e. The van der Waals surface area contributed by atoms with E-state index in [1.165, 1.54) is 0 Å². The summed E-state index contributed by atoms with van der Waals surface area (Å²) in [6.45, 7) is -0.490. The third kappa shape index (κ3) is 3.90. The van der Waals surface area contributed by atoms with Gasteiger partial charge in [0, 0.05) is 22.0 Å². The van der Waals surface area contributed by atoms with Gasteiger partial charge in [0.05, 0.1) is 18.3 Å². The van der Waals surface area contributed by atoms with Gasteiger partial charge in [-0.3, -0.25) is 14.4 Å². The Morgan fingerprint density at radius 2 is 1.62 bits per heavy atom. The highest BCUT2D eigenvalue weighted by atomic mass is 16.2. The predicted octanol–water partition coefficient (Wildman–Crippen LogP) is 4.13. The Hall–Kier alpha value is -4.91. The van der Waals surface area contributed by atoms with Crippen molar-refractivity contribution in [2.75, 3.05) is 13.1 Å². The summed E-state index contributed by atoms with van der Waals surface area (Å²) < 4.78 is 0. The van der Waals surface area contributed by atoms with E-state index in [0.29, 0.717) is 5.56 Å². The van der Waals surface area contributed by atoms with Crippen LogP contribution in [0.25, 0.3) is 32.9 Å². The number of benzene rings is 4. The van der Waals surface area contributed by atoms with Gasteiger partial charge < -0.3 is 20.9 Å². The molecule has 182 valence electrons. The Bertz CT molecular complexity index is 1700. The molecule has 3 amide bonds. The summed E-state index contributed by atoms with van der Waals surface area (Å²) in [5, 5.41) is 5.73. The SMILES string of the molecule is NC(=O)CNC(=O)CN1C(=O)c2ccccc2[C@@H]1c1c(-c2ccc3ccccc3c2)[nH]c2ccccc12. The normalized spacial score (nSPS) is 14.8. The Balaban J connectivity index is 1.54. The zero-order valence-corrected chi connectivity index (χ0v) is 19.9. The van der Waals surface area contributed by atoms with Crippen molar-refractivity contribution in [1.29, 1.82) is 0 Å². The van der Waals surface area contributed by atoms with Gasteiger partial charge in [0.2, 0.25) is 11.8 Å². The molecule has 0 radical (unpaired) electrons. The van der Waals surface area contributed by atoms with Gasteiger partial charge in [-0.1, -0.05) is 72.8 Å². The first-order chi connectivity index (χ1) is 18.0. The fourth-order valence-corrected chi connectivity index (χ4v) is 5.26. The Morgan fingerprint density at radius 3 is 2.46 bits per heavy atom. The van der Waals surface area contributed by atoms with E-state index in [-0.39, 0.29) is 19.0 Å². The fraction of sp³-hybridized carbons (Fsp3) is 0.100. The van der Waals surface area contributed by atoms with Crippen LogP contribution in [0.5, 0.6) is 0 Å². The molecule has 0 unspecified atom stereocenters. The van der Waals surface area contributed by atoms with Gasteiger partial charge in [-0.05, 0) is 40.1 Å². The number of nitrogens with two attached hydrogens (primary N) is 1. The molecular weight excluding hydrogens is 464 g/mol. The number of amides is 3. The Morgan fingerprint density at radius 1 is 0.892 bits per heavy atom. The maximum absolute atomic E-state index is 13.6. The minimum Gasteiger partial charge on any atom is -0.368 e. The number of H-pyrrole nitrogens is 1. The molecule has 1 aromatic heterocycles.